The molecule has 2 aromatic rings. The van der Waals surface area contributed by atoms with Crippen molar-refractivity contribution in [2.24, 2.45) is 7.05 Å². The van der Waals surface area contributed by atoms with Crippen LogP contribution >= 0.6 is 0 Å². The molecule has 1 heterocycles. The Bertz CT molecular complexity index is 588. The first-order valence-corrected chi connectivity index (χ1v) is 5.65. The average molecular weight is 243 g/mol. The molecule has 0 aliphatic rings. The van der Waals surface area contributed by atoms with Gasteiger partial charge in [0.1, 0.15) is 17.6 Å². The third-order valence-corrected chi connectivity index (χ3v) is 2.71. The van der Waals surface area contributed by atoms with Gasteiger partial charge in [-0.3, -0.25) is 0 Å². The van der Waals surface area contributed by atoms with E-state index in [9.17, 15) is 4.39 Å². The van der Waals surface area contributed by atoms with E-state index in [4.69, 9.17) is 5.26 Å². The molecule has 1 N–H and O–H groups in total. The fraction of sp³-hybridized carbons (Fsp3) is 0.214. The van der Waals surface area contributed by atoms with E-state index in [0.717, 1.165) is 16.8 Å². The smallest absolute Gasteiger partial charge is 0.125 e. The summed E-state index contributed by atoms with van der Waals surface area (Å²) in [6.07, 6.45) is 1.89. The molecule has 92 valence electrons. The first-order chi connectivity index (χ1) is 8.58. The molecule has 0 aliphatic heterocycles. The van der Waals surface area contributed by atoms with Gasteiger partial charge in [-0.2, -0.15) is 5.26 Å². The summed E-state index contributed by atoms with van der Waals surface area (Å²) in [6.45, 7) is 2.42. The molecule has 1 aromatic heterocycles. The van der Waals surface area contributed by atoms with Crippen molar-refractivity contribution in [1.82, 2.24) is 4.57 Å². The van der Waals surface area contributed by atoms with E-state index in [2.05, 4.69) is 11.4 Å². The summed E-state index contributed by atoms with van der Waals surface area (Å²) >= 11 is 0. The fourth-order valence-electron chi connectivity index (χ4n) is 1.88. The third kappa shape index (κ3) is 2.69. The topological polar surface area (TPSA) is 40.8 Å². The van der Waals surface area contributed by atoms with Crippen LogP contribution in [0, 0.1) is 24.1 Å². The zero-order valence-electron chi connectivity index (χ0n) is 10.4. The van der Waals surface area contributed by atoms with Crippen molar-refractivity contribution >= 4 is 5.69 Å². The van der Waals surface area contributed by atoms with Gasteiger partial charge >= 0.3 is 0 Å². The Kier molecular flexibility index (Phi) is 3.33. The number of aromatic nitrogens is 1. The van der Waals surface area contributed by atoms with E-state index in [0.29, 0.717) is 12.2 Å². The number of nitrogens with one attached hydrogen (secondary N) is 1. The average Bonchev–Trinajstić information content (AvgIpc) is 2.66. The van der Waals surface area contributed by atoms with Gasteiger partial charge in [-0.1, -0.05) is 0 Å². The molecule has 0 aliphatic carbocycles. The maximum Gasteiger partial charge on any atom is 0.125 e. The Morgan fingerprint density at radius 3 is 2.72 bits per heavy atom. The van der Waals surface area contributed by atoms with Crippen LogP contribution in [0.3, 0.4) is 0 Å². The minimum Gasteiger partial charge on any atom is -0.381 e. The zero-order valence-corrected chi connectivity index (χ0v) is 10.4. The summed E-state index contributed by atoms with van der Waals surface area (Å²) in [7, 11) is 1.83. The second kappa shape index (κ2) is 4.92. The van der Waals surface area contributed by atoms with E-state index < -0.39 is 0 Å². The number of halogens is 1. The zero-order chi connectivity index (χ0) is 13.1. The van der Waals surface area contributed by atoms with Crippen LogP contribution in [0.4, 0.5) is 10.1 Å². The first kappa shape index (κ1) is 12.2. The molecule has 0 amide bonds. The maximum atomic E-state index is 13.2. The Morgan fingerprint density at radius 1 is 1.33 bits per heavy atom. The number of hydrogen-bond donors (Lipinski definition) is 1. The van der Waals surface area contributed by atoms with E-state index in [1.54, 1.807) is 4.57 Å². The van der Waals surface area contributed by atoms with E-state index in [1.807, 2.05) is 32.3 Å². The van der Waals surface area contributed by atoms with Gasteiger partial charge in [-0.05, 0) is 42.3 Å². The monoisotopic (exact) mass is 243 g/mol. The van der Waals surface area contributed by atoms with Gasteiger partial charge < -0.3 is 9.88 Å². The SMILES string of the molecule is Cc1cc(F)cc(NCc2cc(C#N)n(C)c2)c1. The Balaban J connectivity index is 2.09. The largest absolute Gasteiger partial charge is 0.381 e. The predicted molar refractivity (Wildman–Crippen MR) is 68.6 cm³/mol. The maximum absolute atomic E-state index is 13.2. The molecule has 18 heavy (non-hydrogen) atoms. The van der Waals surface area contributed by atoms with Crippen molar-refractivity contribution in [1.29, 1.82) is 5.26 Å². The first-order valence-electron chi connectivity index (χ1n) is 5.65. The molecule has 4 heteroatoms. The highest BCUT2D eigenvalue weighted by molar-refractivity contribution is 5.46. The minimum absolute atomic E-state index is 0.247. The highest BCUT2D eigenvalue weighted by Crippen LogP contribution is 2.15. The number of nitriles is 1. The molecule has 0 saturated carbocycles. The molecule has 0 saturated heterocycles. The summed E-state index contributed by atoms with van der Waals surface area (Å²) in [5, 5.41) is 12.0. The Hall–Kier alpha value is -2.28. The van der Waals surface area contributed by atoms with Crippen molar-refractivity contribution in [2.45, 2.75) is 13.5 Å². The van der Waals surface area contributed by atoms with Crippen LogP contribution in [-0.2, 0) is 13.6 Å². The summed E-state index contributed by atoms with van der Waals surface area (Å²) in [4.78, 5) is 0. The standard InChI is InChI=1S/C14H14FN3/c1-10-3-12(15)6-13(4-10)17-8-11-5-14(7-16)18(2)9-11/h3-6,9,17H,8H2,1-2H3. The van der Waals surface area contributed by atoms with Crippen molar-refractivity contribution < 1.29 is 4.39 Å². The molecule has 1 aromatic carbocycles. The van der Waals surface area contributed by atoms with Crippen LogP contribution in [0.25, 0.3) is 0 Å². The lowest BCUT2D eigenvalue weighted by molar-refractivity contribution is 0.627. The van der Waals surface area contributed by atoms with Gasteiger partial charge in [0.15, 0.2) is 0 Å². The quantitative estimate of drug-likeness (QED) is 0.900. The lowest BCUT2D eigenvalue weighted by Gasteiger charge is -2.06. The summed E-state index contributed by atoms with van der Waals surface area (Å²) in [5.41, 5.74) is 3.23. The normalized spacial score (nSPS) is 10.1. The van der Waals surface area contributed by atoms with E-state index in [1.165, 1.54) is 12.1 Å². The number of aryl methyl sites for hydroxylation is 2. The fourth-order valence-corrected chi connectivity index (χ4v) is 1.88. The van der Waals surface area contributed by atoms with Gasteiger partial charge in [0.2, 0.25) is 0 Å². The predicted octanol–water partition coefficient (Wildman–Crippen LogP) is 2.96. The van der Waals surface area contributed by atoms with Gasteiger partial charge in [0.25, 0.3) is 0 Å². The van der Waals surface area contributed by atoms with Crippen LogP contribution in [0.15, 0.2) is 30.5 Å². The summed E-state index contributed by atoms with van der Waals surface area (Å²) in [5.74, 6) is -0.247. The molecule has 0 atom stereocenters. The molecule has 0 radical (unpaired) electrons. The molecule has 0 bridgehead atoms. The van der Waals surface area contributed by atoms with Crippen LogP contribution in [0.5, 0.6) is 0 Å². The van der Waals surface area contributed by atoms with E-state index >= 15 is 0 Å². The summed E-state index contributed by atoms with van der Waals surface area (Å²) in [6, 6.07) is 8.76. The number of nitrogens with zero attached hydrogens (tertiary/aromatic N) is 2. The molecule has 3 nitrogen and oxygen atoms in total. The van der Waals surface area contributed by atoms with Crippen LogP contribution in [-0.4, -0.2) is 4.57 Å². The lowest BCUT2D eigenvalue weighted by atomic mass is 10.2. The van der Waals surface area contributed by atoms with Crippen LogP contribution < -0.4 is 5.32 Å². The highest BCUT2D eigenvalue weighted by atomic mass is 19.1. The van der Waals surface area contributed by atoms with Gasteiger partial charge in [0.05, 0.1) is 0 Å². The van der Waals surface area contributed by atoms with Crippen molar-refractivity contribution in [3.8, 4) is 6.07 Å². The molecule has 2 rings (SSSR count). The van der Waals surface area contributed by atoms with Crippen molar-refractivity contribution in [2.75, 3.05) is 5.32 Å². The van der Waals surface area contributed by atoms with Gasteiger partial charge in [-0.25, -0.2) is 4.39 Å². The number of benzene rings is 1. The summed E-state index contributed by atoms with van der Waals surface area (Å²) < 4.78 is 15.0. The molecule has 0 fully saturated rings. The van der Waals surface area contributed by atoms with Crippen molar-refractivity contribution in [3.05, 3.63) is 53.1 Å². The second-order valence-electron chi connectivity index (χ2n) is 4.33. The van der Waals surface area contributed by atoms with E-state index in [-0.39, 0.29) is 5.82 Å². The Morgan fingerprint density at radius 2 is 2.11 bits per heavy atom. The number of anilines is 1. The molecule has 0 spiro atoms. The minimum atomic E-state index is -0.247. The molecule has 0 unspecified atom stereocenters. The Labute approximate surface area is 105 Å². The molecular formula is C14H14FN3. The highest BCUT2D eigenvalue weighted by Gasteiger charge is 2.03. The third-order valence-electron chi connectivity index (χ3n) is 2.71. The van der Waals surface area contributed by atoms with Gasteiger partial charge in [-0.15, -0.1) is 0 Å². The lowest BCUT2D eigenvalue weighted by Crippen LogP contribution is -1.99. The number of hydrogen-bond acceptors (Lipinski definition) is 2. The van der Waals surface area contributed by atoms with Gasteiger partial charge in [0, 0.05) is 25.5 Å². The van der Waals surface area contributed by atoms with Crippen molar-refractivity contribution in [3.63, 3.8) is 0 Å². The molecular weight excluding hydrogens is 229 g/mol. The van der Waals surface area contributed by atoms with Crippen LogP contribution in [0.2, 0.25) is 0 Å². The van der Waals surface area contributed by atoms with Crippen LogP contribution in [0.1, 0.15) is 16.8 Å². The second-order valence-corrected chi connectivity index (χ2v) is 4.33. The number of rotatable bonds is 3.